The minimum Gasteiger partial charge on any atom is -0.394 e. The van der Waals surface area contributed by atoms with Gasteiger partial charge in [-0.05, 0) is 114 Å². The third-order valence-corrected chi connectivity index (χ3v) is 16.7. The van der Waals surface area contributed by atoms with E-state index >= 15 is 9.59 Å². The molecule has 1 rings (SSSR count). The van der Waals surface area contributed by atoms with Crippen LogP contribution >= 0.6 is 0 Å². The third-order valence-electron chi connectivity index (χ3n) is 16.7. The second-order valence-electron chi connectivity index (χ2n) is 26.8. The Morgan fingerprint density at radius 3 is 1.29 bits per heavy atom. The van der Waals surface area contributed by atoms with E-state index in [1.807, 2.05) is 81.4 Å². The van der Waals surface area contributed by atoms with E-state index < -0.39 is 150 Å². The number of aliphatic hydroxyl groups is 1. The van der Waals surface area contributed by atoms with Crippen molar-refractivity contribution in [3.05, 3.63) is 12.2 Å². The Kier molecular flexibility index (Phi) is 33.0. The predicted molar refractivity (Wildman–Crippen MR) is 338 cm³/mol. The summed E-state index contributed by atoms with van der Waals surface area (Å²) in [5.74, 6) is -8.91. The van der Waals surface area contributed by atoms with Crippen molar-refractivity contribution in [2.75, 3.05) is 55.9 Å². The van der Waals surface area contributed by atoms with E-state index in [0.29, 0.717) is 12.8 Å². The Morgan fingerprint density at radius 2 is 0.828 bits per heavy atom. The zero-order valence-electron chi connectivity index (χ0n) is 57.5. The molecular weight excluding hydrogens is 1110 g/mol. The molecule has 12 atom stereocenters. The van der Waals surface area contributed by atoms with E-state index in [9.17, 15) is 48.3 Å². The van der Waals surface area contributed by atoms with Crippen molar-refractivity contribution in [3.63, 3.8) is 0 Å². The maximum Gasteiger partial charge on any atom is 0.248 e. The topological polar surface area (TPSA) is 279 Å². The molecule has 1 heterocycles. The van der Waals surface area contributed by atoms with Gasteiger partial charge in [-0.3, -0.25) is 52.7 Å². The van der Waals surface area contributed by atoms with Crippen LogP contribution in [-0.4, -0.2) is 227 Å². The van der Waals surface area contributed by atoms with Gasteiger partial charge in [0, 0.05) is 49.3 Å². The van der Waals surface area contributed by atoms with Crippen molar-refractivity contribution >= 4 is 65.0 Å². The van der Waals surface area contributed by atoms with E-state index in [-0.39, 0.29) is 68.1 Å². The molecule has 11 amide bonds. The number of hydrogen-bond donors (Lipinski definition) is 5. The summed E-state index contributed by atoms with van der Waals surface area (Å²) >= 11 is 0. The van der Waals surface area contributed by atoms with Gasteiger partial charge >= 0.3 is 0 Å². The quantitative estimate of drug-likeness (QED) is 0.129. The molecule has 0 saturated carbocycles. The van der Waals surface area contributed by atoms with Crippen LogP contribution in [0.5, 0.6) is 0 Å². The molecule has 1 aliphatic heterocycles. The number of hydrogen-bond acceptors (Lipinski definition) is 12. The first-order valence-electron chi connectivity index (χ1n) is 31.6. The molecule has 23 nitrogen and oxygen atoms in total. The summed E-state index contributed by atoms with van der Waals surface area (Å²) in [6, 6.07) is -13.5. The zero-order valence-corrected chi connectivity index (χ0v) is 57.5. The van der Waals surface area contributed by atoms with E-state index in [1.165, 1.54) is 87.7 Å². The Bertz CT molecular complexity index is 2360. The molecule has 0 radical (unpaired) electrons. The number of aliphatic hydroxyl groups excluding tert-OH is 1. The molecule has 0 aromatic heterocycles. The van der Waals surface area contributed by atoms with E-state index in [1.54, 1.807) is 34.6 Å². The molecule has 1 unspecified atom stereocenters. The van der Waals surface area contributed by atoms with Crippen LogP contribution in [0, 0.1) is 41.4 Å². The van der Waals surface area contributed by atoms with Gasteiger partial charge in [-0.15, -0.1) is 0 Å². The first-order valence-corrected chi connectivity index (χ1v) is 31.6. The van der Waals surface area contributed by atoms with Crippen LogP contribution in [0.25, 0.3) is 0 Å². The van der Waals surface area contributed by atoms with Crippen LogP contribution in [0.15, 0.2) is 12.2 Å². The average Bonchev–Trinajstić information content (AvgIpc) is 1.34. The summed E-state index contributed by atoms with van der Waals surface area (Å²) in [7, 11) is 10.0. The molecule has 1 saturated heterocycles. The van der Waals surface area contributed by atoms with Crippen LogP contribution in [-0.2, 0) is 52.7 Å². The average molecular weight is 1230 g/mol. The first kappa shape index (κ1) is 78.9. The second-order valence-corrected chi connectivity index (χ2v) is 26.8. The number of rotatable bonds is 17. The summed E-state index contributed by atoms with van der Waals surface area (Å²) in [6.45, 7) is 29.6. The van der Waals surface area contributed by atoms with Crippen molar-refractivity contribution in [1.82, 2.24) is 55.6 Å². The fourth-order valence-corrected chi connectivity index (χ4v) is 11.1. The molecule has 0 bridgehead atoms. The number of allylic oxidation sites excluding steroid dienone is 2. The van der Waals surface area contributed by atoms with Gasteiger partial charge in [0.25, 0.3) is 0 Å². The summed E-state index contributed by atoms with van der Waals surface area (Å²) < 4.78 is 0. The number of carbonyl (C=O) groups excluding carboxylic acids is 11. The lowest BCUT2D eigenvalue weighted by molar-refractivity contribution is -0.156. The number of likely N-dealkylation sites (N-methyl/N-ethyl adjacent to an activating group) is 7. The molecule has 0 aromatic rings. The highest BCUT2D eigenvalue weighted by molar-refractivity contribution is 6.00. The van der Waals surface area contributed by atoms with Crippen LogP contribution in [0.3, 0.4) is 0 Å². The van der Waals surface area contributed by atoms with Gasteiger partial charge in [0.15, 0.2) is 0 Å². The highest BCUT2D eigenvalue weighted by Gasteiger charge is 2.45. The summed E-state index contributed by atoms with van der Waals surface area (Å²) in [6.07, 6.45) is 5.62. The van der Waals surface area contributed by atoms with Gasteiger partial charge in [-0.2, -0.15) is 0 Å². The Hall–Kier alpha value is -6.13. The number of nitrogens with zero attached hydrogens (tertiary/aromatic N) is 7. The van der Waals surface area contributed by atoms with Crippen molar-refractivity contribution in [2.45, 2.75) is 236 Å². The highest BCUT2D eigenvalue weighted by Crippen LogP contribution is 2.26. The van der Waals surface area contributed by atoms with Crippen LogP contribution in [0.2, 0.25) is 0 Å². The van der Waals surface area contributed by atoms with Gasteiger partial charge in [-0.25, -0.2) is 0 Å². The van der Waals surface area contributed by atoms with Gasteiger partial charge in [0.05, 0.1) is 6.61 Å². The molecule has 0 spiro atoms. The van der Waals surface area contributed by atoms with E-state index in [4.69, 9.17) is 0 Å². The second kappa shape index (κ2) is 36.4. The fourth-order valence-electron chi connectivity index (χ4n) is 11.1. The monoisotopic (exact) mass is 1230 g/mol. The van der Waals surface area contributed by atoms with Crippen LogP contribution in [0.4, 0.5) is 0 Å². The number of amides is 11. The molecular formula is C64H115N11O12. The van der Waals surface area contributed by atoms with Crippen molar-refractivity contribution in [3.8, 4) is 0 Å². The molecule has 0 aliphatic carbocycles. The Labute approximate surface area is 521 Å². The van der Waals surface area contributed by atoms with Crippen LogP contribution < -0.4 is 21.3 Å². The molecule has 87 heavy (non-hydrogen) atoms. The predicted octanol–water partition coefficient (Wildman–Crippen LogP) is 4.05. The lowest BCUT2D eigenvalue weighted by atomic mass is 9.93. The van der Waals surface area contributed by atoms with Crippen molar-refractivity contribution in [2.24, 2.45) is 41.4 Å². The number of nitrogens with one attached hydrogen (secondary N) is 4. The minimum atomic E-state index is -1.55. The molecule has 0 aromatic carbocycles. The lowest BCUT2D eigenvalue weighted by Crippen LogP contribution is -2.62. The molecule has 1 fully saturated rings. The highest BCUT2D eigenvalue weighted by atomic mass is 16.3. The largest absolute Gasteiger partial charge is 0.394 e. The normalized spacial score (nSPS) is 27.0. The Morgan fingerprint density at radius 1 is 0.425 bits per heavy atom. The molecule has 5 N–H and O–H groups in total. The summed E-state index contributed by atoms with van der Waals surface area (Å²) in [4.78, 5) is 170. The van der Waals surface area contributed by atoms with Gasteiger partial charge in [0.2, 0.25) is 65.0 Å². The third kappa shape index (κ3) is 22.5. The summed E-state index contributed by atoms with van der Waals surface area (Å²) in [5.41, 5.74) is 0. The van der Waals surface area contributed by atoms with Gasteiger partial charge < -0.3 is 60.7 Å². The minimum absolute atomic E-state index is 0.0252. The maximum atomic E-state index is 15.2. The van der Waals surface area contributed by atoms with E-state index in [0.717, 1.165) is 9.80 Å². The molecule has 1 aliphatic rings. The molecule has 498 valence electrons. The zero-order chi connectivity index (χ0) is 67.4. The van der Waals surface area contributed by atoms with Gasteiger partial charge in [0.1, 0.15) is 66.5 Å². The SMILES string of the molecule is C/C=C/C[C@@H](C)C[C@H]1C(=O)N[C@@H](CC)C(=O)N(C)C(CO)C(=O)N(C)[C@@H](CC(C)C)C(=O)N[C@H](C(C)C)C(=O)N(C)[C@H](CCC(C)C)C(=O)N[C@H](C)C(=O)N[C@@H](C)C(=O)N(C)[C@H](CC(C)C)C(=O)N(C)[C@@H](CC(C)C)C(=O)N(C)[C@@H](C(C)C)C(=O)N1C. The standard InChI is InChI=1S/C64H115N11O12/c1-25-27-28-42(15)34-48-56(79)67-45(26-2)59(82)74(23)51(35-76)62(85)70(19)47(31-37(5)6)57(80)68-52(40(11)12)63(86)69(18)46(30-29-36(3)4)55(78)65-43(16)54(77)66-44(17)58(81)72(21)49(32-38(7)8)60(83)73(22)50(33-39(9)10)61(84)75(24)53(41(13)14)64(87)71(48)20/h25,27,36-53,76H,26,28-35H2,1-24H3,(H,65,78)(H,66,77)(H,67,79)(H,68,80)/b27-25+/t42-,43-,44+,45+,46-,47+,48+,49-,50+,51?,52-,53+/m1/s1. The van der Waals surface area contributed by atoms with E-state index in [2.05, 4.69) is 21.3 Å². The van der Waals surface area contributed by atoms with Gasteiger partial charge in [-0.1, -0.05) is 109 Å². The van der Waals surface area contributed by atoms with Crippen molar-refractivity contribution in [1.29, 1.82) is 0 Å². The fraction of sp³-hybridized carbons (Fsp3) is 0.797. The summed E-state index contributed by atoms with van der Waals surface area (Å²) in [5, 5.41) is 22.0. The van der Waals surface area contributed by atoms with Crippen molar-refractivity contribution < 1.29 is 57.8 Å². The molecule has 23 heteroatoms. The first-order chi connectivity index (χ1) is 40.2. The maximum absolute atomic E-state index is 15.2. The smallest absolute Gasteiger partial charge is 0.248 e. The Balaban J connectivity index is 4.38. The lowest BCUT2D eigenvalue weighted by Gasteiger charge is -2.41. The number of carbonyl (C=O) groups is 11. The van der Waals surface area contributed by atoms with Crippen LogP contribution in [0.1, 0.15) is 169 Å².